The molecule has 3 nitrogen and oxygen atoms in total. The Kier molecular flexibility index (Phi) is 2.51. The Labute approximate surface area is 56.6 Å². The third-order valence-electron chi connectivity index (χ3n) is 0.677. The summed E-state index contributed by atoms with van der Waals surface area (Å²) < 4.78 is 11.8. The van der Waals surface area contributed by atoms with Crippen molar-refractivity contribution in [2.75, 3.05) is 0 Å². The predicted octanol–water partition coefficient (Wildman–Crippen LogP) is 0.285. The van der Waals surface area contributed by atoms with Crippen LogP contribution in [0, 0.1) is 0 Å². The van der Waals surface area contributed by atoms with Crippen LogP contribution in [-0.2, 0) is 9.53 Å². The van der Waals surface area contributed by atoms with Gasteiger partial charge in [-0.25, -0.2) is 0 Å². The van der Waals surface area contributed by atoms with E-state index in [1.807, 2.05) is 0 Å². The molecule has 0 saturated carbocycles. The van der Waals surface area contributed by atoms with Crippen LogP contribution in [-0.4, -0.2) is 18.1 Å². The molecule has 9 heavy (non-hydrogen) atoms. The fraction of sp³-hybridized carbons (Fsp3) is 0.833. The number of carbonyl (C=O) groups is 1. The fourth-order valence-electron chi connectivity index (χ4n) is 0.294. The lowest BCUT2D eigenvalue weighted by atomic mass is 10.4. The topological polar surface area (TPSA) is 52.3 Å². The van der Waals surface area contributed by atoms with E-state index in [1.54, 1.807) is 0 Å². The Morgan fingerprint density at radius 3 is 2.22 bits per heavy atom. The average Bonchev–Trinajstić information content (AvgIpc) is 1.60. The zero-order chi connectivity index (χ0) is 8.36. The molecule has 54 valence electrons. The van der Waals surface area contributed by atoms with Crippen molar-refractivity contribution in [3.8, 4) is 0 Å². The van der Waals surface area contributed by atoms with Gasteiger partial charge in [0.15, 0.2) is 0 Å². The molecule has 0 aromatic carbocycles. The van der Waals surface area contributed by atoms with Crippen molar-refractivity contribution in [1.82, 2.24) is 0 Å². The smallest absolute Gasteiger partial charge is 0.322 e. The standard InChI is InChI=1S/C6H13NO2/c1-4(2)9-6(8)5(3)7/h4-5H,7H2,1-3H3/t5-/m1/s1/i4D. The van der Waals surface area contributed by atoms with Crippen LogP contribution in [0.15, 0.2) is 0 Å². The van der Waals surface area contributed by atoms with E-state index >= 15 is 0 Å². The summed E-state index contributed by atoms with van der Waals surface area (Å²) in [7, 11) is 0. The summed E-state index contributed by atoms with van der Waals surface area (Å²) in [5.41, 5.74) is 5.19. The summed E-state index contributed by atoms with van der Waals surface area (Å²) in [5, 5.41) is 0. The summed E-state index contributed by atoms with van der Waals surface area (Å²) in [6.07, 6.45) is -1.18. The first-order valence-electron chi connectivity index (χ1n) is 3.31. The quantitative estimate of drug-likeness (QED) is 0.549. The first-order chi connectivity index (χ1) is 4.33. The minimum Gasteiger partial charge on any atom is -0.462 e. The highest BCUT2D eigenvalue weighted by Crippen LogP contribution is 1.90. The van der Waals surface area contributed by atoms with E-state index in [4.69, 9.17) is 7.10 Å². The lowest BCUT2D eigenvalue weighted by Gasteiger charge is -2.08. The number of rotatable bonds is 2. The van der Waals surface area contributed by atoms with Crippen molar-refractivity contribution < 1.29 is 10.9 Å². The molecule has 0 radical (unpaired) electrons. The first-order valence-corrected chi connectivity index (χ1v) is 2.81. The molecule has 0 rings (SSSR count). The van der Waals surface area contributed by atoms with Crippen molar-refractivity contribution in [1.29, 1.82) is 0 Å². The lowest BCUT2D eigenvalue weighted by molar-refractivity contribution is -0.148. The molecule has 2 N–H and O–H groups in total. The molecule has 0 amide bonds. The maximum absolute atomic E-state index is 10.7. The third-order valence-corrected chi connectivity index (χ3v) is 0.677. The summed E-state index contributed by atoms with van der Waals surface area (Å²) >= 11 is 0. The maximum Gasteiger partial charge on any atom is 0.322 e. The molecule has 0 aliphatic heterocycles. The maximum atomic E-state index is 10.7. The summed E-state index contributed by atoms with van der Waals surface area (Å²) in [4.78, 5) is 10.7. The molecule has 0 aliphatic carbocycles. The molecule has 0 aromatic heterocycles. The second kappa shape index (κ2) is 3.45. The third kappa shape index (κ3) is 3.97. The highest BCUT2D eigenvalue weighted by Gasteiger charge is 2.09. The second-order valence-electron chi connectivity index (χ2n) is 2.12. The Hall–Kier alpha value is -0.570. The van der Waals surface area contributed by atoms with Gasteiger partial charge in [-0.05, 0) is 20.8 Å². The van der Waals surface area contributed by atoms with E-state index in [-0.39, 0.29) is 0 Å². The van der Waals surface area contributed by atoms with Gasteiger partial charge in [-0.1, -0.05) is 0 Å². The molecule has 0 spiro atoms. The Morgan fingerprint density at radius 2 is 2.11 bits per heavy atom. The van der Waals surface area contributed by atoms with Crippen LogP contribution in [0.1, 0.15) is 22.1 Å². The van der Waals surface area contributed by atoms with Crippen molar-refractivity contribution in [2.45, 2.75) is 32.9 Å². The van der Waals surface area contributed by atoms with E-state index in [2.05, 4.69) is 4.74 Å². The molecule has 0 aliphatic rings. The summed E-state index contributed by atoms with van der Waals surface area (Å²) in [6.45, 7) is 4.48. The van der Waals surface area contributed by atoms with E-state index in [1.165, 1.54) is 20.8 Å². The van der Waals surface area contributed by atoms with Gasteiger partial charge >= 0.3 is 5.97 Å². The van der Waals surface area contributed by atoms with Gasteiger partial charge in [-0.15, -0.1) is 0 Å². The number of nitrogens with two attached hydrogens (primary N) is 1. The highest BCUT2D eigenvalue weighted by molar-refractivity contribution is 5.74. The zero-order valence-corrected chi connectivity index (χ0v) is 5.97. The first kappa shape index (κ1) is 6.55. The van der Waals surface area contributed by atoms with Crippen molar-refractivity contribution in [3.05, 3.63) is 0 Å². The number of hydrogen-bond donors (Lipinski definition) is 1. The Balaban J connectivity index is 3.81. The van der Waals surface area contributed by atoms with Crippen LogP contribution < -0.4 is 5.73 Å². The normalized spacial score (nSPS) is 16.2. The number of esters is 1. The van der Waals surface area contributed by atoms with Gasteiger partial charge in [0.25, 0.3) is 0 Å². The lowest BCUT2D eigenvalue weighted by Crippen LogP contribution is -2.30. The Morgan fingerprint density at radius 1 is 1.67 bits per heavy atom. The van der Waals surface area contributed by atoms with E-state index in [0.29, 0.717) is 0 Å². The minimum absolute atomic E-state index is 0.542. The molecule has 0 aromatic rings. The van der Waals surface area contributed by atoms with Gasteiger partial charge in [-0.2, -0.15) is 0 Å². The van der Waals surface area contributed by atoms with Gasteiger partial charge in [-0.3, -0.25) is 4.79 Å². The molecule has 0 fully saturated rings. The van der Waals surface area contributed by atoms with E-state index in [0.717, 1.165) is 0 Å². The fourth-order valence-corrected chi connectivity index (χ4v) is 0.294. The van der Waals surface area contributed by atoms with Crippen LogP contribution in [0.5, 0.6) is 0 Å². The van der Waals surface area contributed by atoms with E-state index in [9.17, 15) is 4.79 Å². The van der Waals surface area contributed by atoms with Crippen LogP contribution >= 0.6 is 0 Å². The highest BCUT2D eigenvalue weighted by atomic mass is 16.5. The number of ether oxygens (including phenoxy) is 1. The van der Waals surface area contributed by atoms with Crippen molar-refractivity contribution in [3.63, 3.8) is 0 Å². The summed E-state index contributed by atoms with van der Waals surface area (Å²) in [5.74, 6) is -0.542. The van der Waals surface area contributed by atoms with Crippen LogP contribution in [0.25, 0.3) is 0 Å². The van der Waals surface area contributed by atoms with Crippen LogP contribution in [0.2, 0.25) is 0 Å². The van der Waals surface area contributed by atoms with Gasteiger partial charge in [0.05, 0.1) is 7.45 Å². The summed E-state index contributed by atoms with van der Waals surface area (Å²) in [6, 6.07) is -0.648. The predicted molar refractivity (Wildman–Crippen MR) is 34.9 cm³/mol. The molecular formula is C6H13NO2. The zero-order valence-electron chi connectivity index (χ0n) is 6.97. The number of hydrogen-bond acceptors (Lipinski definition) is 3. The minimum atomic E-state index is -1.18. The molecule has 0 saturated heterocycles. The van der Waals surface area contributed by atoms with Gasteiger partial charge in [0.2, 0.25) is 0 Å². The van der Waals surface area contributed by atoms with Crippen molar-refractivity contribution >= 4 is 5.97 Å². The van der Waals surface area contributed by atoms with Gasteiger partial charge < -0.3 is 10.5 Å². The van der Waals surface area contributed by atoms with Gasteiger partial charge in [0, 0.05) is 0 Å². The molecule has 0 bridgehead atoms. The van der Waals surface area contributed by atoms with Crippen LogP contribution in [0.3, 0.4) is 0 Å². The largest absolute Gasteiger partial charge is 0.462 e. The molecular weight excluding hydrogens is 118 g/mol. The molecule has 0 unspecified atom stereocenters. The van der Waals surface area contributed by atoms with Gasteiger partial charge in [0.1, 0.15) is 6.04 Å². The monoisotopic (exact) mass is 132 g/mol. The SMILES string of the molecule is [2H]C(C)(C)OC(=O)[C@@H](C)N. The average molecular weight is 132 g/mol. The molecule has 3 heteroatoms. The van der Waals surface area contributed by atoms with Crippen LogP contribution in [0.4, 0.5) is 0 Å². The Bertz CT molecular complexity index is 128. The van der Waals surface area contributed by atoms with E-state index < -0.39 is 18.1 Å². The number of carbonyl (C=O) groups excluding carboxylic acids is 1. The van der Waals surface area contributed by atoms with Crippen molar-refractivity contribution in [2.24, 2.45) is 5.73 Å². The molecule has 0 heterocycles. The molecule has 1 atom stereocenters. The second-order valence-corrected chi connectivity index (χ2v) is 2.12.